The molecule has 1 saturated heterocycles. The topological polar surface area (TPSA) is 49.4 Å². The Morgan fingerprint density at radius 1 is 1.32 bits per heavy atom. The first-order valence-corrected chi connectivity index (χ1v) is 9.35. The summed E-state index contributed by atoms with van der Waals surface area (Å²) in [4.78, 5) is 0. The first kappa shape index (κ1) is 15.3. The number of nitrogens with zero attached hydrogens (tertiary/aromatic N) is 1. The van der Waals surface area contributed by atoms with Gasteiger partial charge in [-0.05, 0) is 57.4 Å². The number of nitrogens with one attached hydrogen (secondary N) is 1. The van der Waals surface area contributed by atoms with Crippen molar-refractivity contribution >= 4 is 10.0 Å². The van der Waals surface area contributed by atoms with Gasteiger partial charge >= 0.3 is 0 Å². The summed E-state index contributed by atoms with van der Waals surface area (Å²) in [5.74, 6) is 1.30. The normalized spacial score (nSPS) is 27.4. The molecule has 112 valence electrons. The third-order valence-electron chi connectivity index (χ3n) is 4.38. The van der Waals surface area contributed by atoms with Crippen LogP contribution in [0, 0.1) is 11.8 Å². The van der Waals surface area contributed by atoms with Crippen LogP contribution in [0.1, 0.15) is 46.0 Å². The van der Waals surface area contributed by atoms with Crippen LogP contribution in [0.25, 0.3) is 0 Å². The van der Waals surface area contributed by atoms with Gasteiger partial charge < -0.3 is 5.32 Å². The van der Waals surface area contributed by atoms with Gasteiger partial charge in [0.05, 0.1) is 5.75 Å². The highest BCUT2D eigenvalue weighted by molar-refractivity contribution is 7.89. The van der Waals surface area contributed by atoms with Crippen LogP contribution in [0.3, 0.4) is 0 Å². The fourth-order valence-electron chi connectivity index (χ4n) is 2.86. The lowest BCUT2D eigenvalue weighted by Crippen LogP contribution is -2.47. The van der Waals surface area contributed by atoms with Crippen LogP contribution in [0.2, 0.25) is 0 Å². The maximum Gasteiger partial charge on any atom is 0.214 e. The van der Waals surface area contributed by atoms with E-state index in [1.165, 1.54) is 0 Å². The summed E-state index contributed by atoms with van der Waals surface area (Å²) >= 11 is 0. The van der Waals surface area contributed by atoms with Crippen molar-refractivity contribution in [3.8, 4) is 0 Å². The van der Waals surface area contributed by atoms with Gasteiger partial charge in [-0.3, -0.25) is 0 Å². The van der Waals surface area contributed by atoms with E-state index in [4.69, 9.17) is 0 Å². The predicted molar refractivity (Wildman–Crippen MR) is 78.6 cm³/mol. The predicted octanol–water partition coefficient (Wildman–Crippen LogP) is 1.83. The van der Waals surface area contributed by atoms with Crippen LogP contribution in [-0.4, -0.2) is 44.2 Å². The Kier molecular flexibility index (Phi) is 5.26. The summed E-state index contributed by atoms with van der Waals surface area (Å²) in [6.45, 7) is 6.82. The van der Waals surface area contributed by atoms with Crippen molar-refractivity contribution in [2.24, 2.45) is 11.8 Å². The minimum Gasteiger partial charge on any atom is -0.314 e. The van der Waals surface area contributed by atoms with Crippen molar-refractivity contribution in [2.75, 3.05) is 25.4 Å². The second-order valence-corrected chi connectivity index (χ2v) is 8.24. The van der Waals surface area contributed by atoms with Gasteiger partial charge in [-0.1, -0.05) is 6.92 Å². The molecule has 0 radical (unpaired) electrons. The lowest BCUT2D eigenvalue weighted by molar-refractivity contribution is 0.224. The molecule has 0 spiro atoms. The van der Waals surface area contributed by atoms with Crippen molar-refractivity contribution in [1.82, 2.24) is 9.62 Å². The standard InChI is InChI=1S/C14H28N2O2S/c1-3-8-15-12(2)14-5-4-9-16(10-14)19(17,18)11-13-6-7-13/h12-15H,3-11H2,1-2H3. The van der Waals surface area contributed by atoms with E-state index in [2.05, 4.69) is 19.2 Å². The molecule has 19 heavy (non-hydrogen) atoms. The number of hydrogen-bond acceptors (Lipinski definition) is 3. The summed E-state index contributed by atoms with van der Waals surface area (Å²) in [7, 11) is -3.00. The second kappa shape index (κ2) is 6.55. The molecule has 2 aliphatic rings. The molecule has 1 heterocycles. The van der Waals surface area contributed by atoms with Crippen molar-refractivity contribution < 1.29 is 8.42 Å². The van der Waals surface area contributed by atoms with E-state index < -0.39 is 10.0 Å². The average molecular weight is 288 g/mol. The van der Waals surface area contributed by atoms with Gasteiger partial charge in [-0.15, -0.1) is 0 Å². The van der Waals surface area contributed by atoms with Crippen LogP contribution >= 0.6 is 0 Å². The summed E-state index contributed by atoms with van der Waals surface area (Å²) in [5, 5.41) is 3.51. The van der Waals surface area contributed by atoms with Crippen molar-refractivity contribution in [2.45, 2.75) is 52.0 Å². The number of rotatable bonds is 7. The van der Waals surface area contributed by atoms with E-state index >= 15 is 0 Å². The number of sulfonamides is 1. The SMILES string of the molecule is CCCNC(C)C1CCCN(S(=O)(=O)CC2CC2)C1. The van der Waals surface area contributed by atoms with E-state index in [1.807, 2.05) is 0 Å². The smallest absolute Gasteiger partial charge is 0.214 e. The maximum absolute atomic E-state index is 12.3. The molecule has 2 fully saturated rings. The monoisotopic (exact) mass is 288 g/mol. The second-order valence-electron chi connectivity index (χ2n) is 6.23. The van der Waals surface area contributed by atoms with Crippen LogP contribution in [0.15, 0.2) is 0 Å². The van der Waals surface area contributed by atoms with E-state index in [1.54, 1.807) is 4.31 Å². The molecule has 1 N–H and O–H groups in total. The Morgan fingerprint density at radius 3 is 2.68 bits per heavy atom. The highest BCUT2D eigenvalue weighted by atomic mass is 32.2. The van der Waals surface area contributed by atoms with Crippen LogP contribution in [0.5, 0.6) is 0 Å². The Labute approximate surface area is 118 Å². The van der Waals surface area contributed by atoms with E-state index in [0.717, 1.165) is 45.2 Å². The highest BCUT2D eigenvalue weighted by Gasteiger charge is 2.35. The molecule has 0 bridgehead atoms. The molecule has 0 amide bonds. The molecule has 0 aromatic rings. The van der Waals surface area contributed by atoms with Crippen LogP contribution in [-0.2, 0) is 10.0 Å². The highest BCUT2D eigenvalue weighted by Crippen LogP contribution is 2.32. The molecule has 2 unspecified atom stereocenters. The van der Waals surface area contributed by atoms with Gasteiger partial charge in [0, 0.05) is 19.1 Å². The van der Waals surface area contributed by atoms with E-state index in [0.29, 0.717) is 30.2 Å². The van der Waals surface area contributed by atoms with Gasteiger partial charge in [-0.25, -0.2) is 12.7 Å². The molecule has 4 nitrogen and oxygen atoms in total. The Balaban J connectivity index is 1.88. The third-order valence-corrected chi connectivity index (χ3v) is 6.39. The zero-order valence-corrected chi connectivity index (χ0v) is 13.1. The zero-order chi connectivity index (χ0) is 13.9. The fraction of sp³-hybridized carbons (Fsp3) is 1.00. The quantitative estimate of drug-likeness (QED) is 0.777. The van der Waals surface area contributed by atoms with Gasteiger partial charge in [0.15, 0.2) is 0 Å². The number of piperidine rings is 1. The summed E-state index contributed by atoms with van der Waals surface area (Å²) in [6.07, 6.45) is 5.48. The minimum atomic E-state index is -3.00. The lowest BCUT2D eigenvalue weighted by Gasteiger charge is -2.35. The van der Waals surface area contributed by atoms with Gasteiger partial charge in [0.25, 0.3) is 0 Å². The van der Waals surface area contributed by atoms with Crippen molar-refractivity contribution in [1.29, 1.82) is 0 Å². The third kappa shape index (κ3) is 4.43. The van der Waals surface area contributed by atoms with Crippen molar-refractivity contribution in [3.63, 3.8) is 0 Å². The lowest BCUT2D eigenvalue weighted by atomic mass is 9.93. The molecule has 1 saturated carbocycles. The first-order valence-electron chi connectivity index (χ1n) is 7.74. The fourth-order valence-corrected chi connectivity index (χ4v) is 4.83. The Hall–Kier alpha value is -0.130. The van der Waals surface area contributed by atoms with E-state index in [9.17, 15) is 8.42 Å². The molecule has 1 aliphatic carbocycles. The van der Waals surface area contributed by atoms with Gasteiger partial charge in [-0.2, -0.15) is 0 Å². The number of hydrogen-bond donors (Lipinski definition) is 1. The van der Waals surface area contributed by atoms with Crippen LogP contribution in [0.4, 0.5) is 0 Å². The zero-order valence-electron chi connectivity index (χ0n) is 12.3. The first-order chi connectivity index (χ1) is 9.03. The van der Waals surface area contributed by atoms with Gasteiger partial charge in [0.2, 0.25) is 10.0 Å². The largest absolute Gasteiger partial charge is 0.314 e. The molecule has 2 rings (SSSR count). The Bertz CT molecular complexity index is 379. The maximum atomic E-state index is 12.3. The van der Waals surface area contributed by atoms with Crippen molar-refractivity contribution in [3.05, 3.63) is 0 Å². The summed E-state index contributed by atoms with van der Waals surface area (Å²) in [5.41, 5.74) is 0. The molecule has 0 aromatic carbocycles. The molecular formula is C14H28N2O2S. The summed E-state index contributed by atoms with van der Waals surface area (Å²) in [6, 6.07) is 0.416. The summed E-state index contributed by atoms with van der Waals surface area (Å²) < 4.78 is 26.4. The van der Waals surface area contributed by atoms with Crippen LogP contribution < -0.4 is 5.32 Å². The molecule has 1 aliphatic heterocycles. The van der Waals surface area contributed by atoms with E-state index in [-0.39, 0.29) is 0 Å². The molecular weight excluding hydrogens is 260 g/mol. The average Bonchev–Trinajstić information content (AvgIpc) is 3.19. The minimum absolute atomic E-state index is 0.385. The molecule has 5 heteroatoms. The molecule has 2 atom stereocenters. The Morgan fingerprint density at radius 2 is 2.05 bits per heavy atom. The molecule has 0 aromatic heterocycles. The van der Waals surface area contributed by atoms with Gasteiger partial charge in [0.1, 0.15) is 0 Å².